The van der Waals surface area contributed by atoms with E-state index in [1.165, 1.54) is 19.3 Å². The summed E-state index contributed by atoms with van der Waals surface area (Å²) in [7, 11) is 1.40. The molecule has 1 aromatic rings. The van der Waals surface area contributed by atoms with Crippen molar-refractivity contribution in [1.29, 1.82) is 0 Å². The van der Waals surface area contributed by atoms with Crippen molar-refractivity contribution in [1.82, 2.24) is 0 Å². The van der Waals surface area contributed by atoms with Crippen LogP contribution in [0.5, 0.6) is 11.5 Å². The second kappa shape index (κ2) is 6.92. The monoisotopic (exact) mass is 379 g/mol. The molecular weight excluding hydrogens is 369 g/mol. The SMILES string of the molecule is COc1cc(C=C[N+](=O)[O-])cc(I)c1OCC(=O)O. The van der Waals surface area contributed by atoms with Gasteiger partial charge in [0.2, 0.25) is 6.20 Å². The number of benzene rings is 1. The molecule has 0 amide bonds. The first-order valence-corrected chi connectivity index (χ1v) is 6.05. The third-order valence-corrected chi connectivity index (χ3v) is 2.78. The predicted molar refractivity (Wildman–Crippen MR) is 74.9 cm³/mol. The number of methoxy groups -OCH3 is 1. The third-order valence-electron chi connectivity index (χ3n) is 1.98. The van der Waals surface area contributed by atoms with E-state index >= 15 is 0 Å². The smallest absolute Gasteiger partial charge is 0.341 e. The minimum Gasteiger partial charge on any atom is -0.493 e. The van der Waals surface area contributed by atoms with Crippen LogP contribution in [0.4, 0.5) is 0 Å². The number of halogens is 1. The summed E-state index contributed by atoms with van der Waals surface area (Å²) < 4.78 is 10.8. The highest BCUT2D eigenvalue weighted by atomic mass is 127. The van der Waals surface area contributed by atoms with Gasteiger partial charge in [-0.15, -0.1) is 0 Å². The molecule has 7 nitrogen and oxygen atoms in total. The number of nitro groups is 1. The van der Waals surface area contributed by atoms with Gasteiger partial charge in [0, 0.05) is 6.08 Å². The van der Waals surface area contributed by atoms with Gasteiger partial charge < -0.3 is 14.6 Å². The summed E-state index contributed by atoms with van der Waals surface area (Å²) >= 11 is 1.94. The summed E-state index contributed by atoms with van der Waals surface area (Å²) in [4.78, 5) is 20.2. The van der Waals surface area contributed by atoms with Crippen LogP contribution in [-0.4, -0.2) is 29.7 Å². The Morgan fingerprint density at radius 3 is 2.79 bits per heavy atom. The lowest BCUT2D eigenvalue weighted by Crippen LogP contribution is -2.11. The van der Waals surface area contributed by atoms with E-state index in [4.69, 9.17) is 14.6 Å². The molecule has 0 heterocycles. The Balaban J connectivity index is 3.07. The number of carboxylic acid groups (broad SMARTS) is 1. The lowest BCUT2D eigenvalue weighted by Gasteiger charge is -2.11. The Bertz CT molecular complexity index is 528. The Labute approximate surface area is 122 Å². The molecule has 1 rings (SSSR count). The van der Waals surface area contributed by atoms with Crippen LogP contribution < -0.4 is 9.47 Å². The van der Waals surface area contributed by atoms with Crippen LogP contribution in [0.2, 0.25) is 0 Å². The van der Waals surface area contributed by atoms with E-state index in [2.05, 4.69) is 0 Å². The fourth-order valence-corrected chi connectivity index (χ4v) is 2.04. The molecule has 19 heavy (non-hydrogen) atoms. The molecule has 0 radical (unpaired) electrons. The quantitative estimate of drug-likeness (QED) is 0.461. The van der Waals surface area contributed by atoms with Crippen molar-refractivity contribution in [3.8, 4) is 11.5 Å². The molecule has 0 aliphatic carbocycles. The van der Waals surface area contributed by atoms with Crippen molar-refractivity contribution in [2.75, 3.05) is 13.7 Å². The zero-order valence-corrected chi connectivity index (χ0v) is 12.0. The van der Waals surface area contributed by atoms with Crippen molar-refractivity contribution >= 4 is 34.6 Å². The molecule has 0 aliphatic rings. The molecule has 102 valence electrons. The average Bonchev–Trinajstić information content (AvgIpc) is 2.34. The number of rotatable bonds is 6. The summed E-state index contributed by atoms with van der Waals surface area (Å²) in [6.45, 7) is -0.490. The molecular formula is C11H10INO6. The molecule has 0 saturated heterocycles. The van der Waals surface area contributed by atoms with Crippen LogP contribution in [0.25, 0.3) is 6.08 Å². The molecule has 0 aliphatic heterocycles. The van der Waals surface area contributed by atoms with E-state index in [0.29, 0.717) is 20.6 Å². The number of hydrogen-bond acceptors (Lipinski definition) is 5. The lowest BCUT2D eigenvalue weighted by molar-refractivity contribution is -0.400. The van der Waals surface area contributed by atoms with Gasteiger partial charge in [-0.1, -0.05) is 0 Å². The van der Waals surface area contributed by atoms with E-state index in [1.54, 1.807) is 6.07 Å². The minimum atomic E-state index is -1.10. The second-order valence-corrected chi connectivity index (χ2v) is 4.48. The fraction of sp³-hybridized carbons (Fsp3) is 0.182. The standard InChI is InChI=1S/C11H10INO6/c1-18-9-5-7(2-3-13(16)17)4-8(12)11(9)19-6-10(14)15/h2-5H,6H2,1H3,(H,14,15). The second-order valence-electron chi connectivity index (χ2n) is 3.32. The maximum atomic E-state index is 10.5. The highest BCUT2D eigenvalue weighted by Gasteiger charge is 2.12. The van der Waals surface area contributed by atoms with Gasteiger partial charge in [0.15, 0.2) is 18.1 Å². The van der Waals surface area contributed by atoms with Crippen LogP contribution in [0.1, 0.15) is 5.56 Å². The van der Waals surface area contributed by atoms with Gasteiger partial charge in [-0.3, -0.25) is 10.1 Å². The van der Waals surface area contributed by atoms with Crippen molar-refractivity contribution in [2.24, 2.45) is 0 Å². The predicted octanol–water partition coefficient (Wildman–Crippen LogP) is 2.01. The number of aliphatic carboxylic acids is 1. The van der Waals surface area contributed by atoms with Gasteiger partial charge in [0.25, 0.3) is 0 Å². The van der Waals surface area contributed by atoms with Crippen LogP contribution in [0.3, 0.4) is 0 Å². The van der Waals surface area contributed by atoms with Gasteiger partial charge in [-0.05, 0) is 40.3 Å². The highest BCUT2D eigenvalue weighted by molar-refractivity contribution is 14.1. The fourth-order valence-electron chi connectivity index (χ4n) is 1.26. The number of hydrogen-bond donors (Lipinski definition) is 1. The Kier molecular flexibility index (Phi) is 5.55. The van der Waals surface area contributed by atoms with E-state index in [9.17, 15) is 14.9 Å². The average molecular weight is 379 g/mol. The van der Waals surface area contributed by atoms with Gasteiger partial charge in [0.1, 0.15) is 0 Å². The third kappa shape index (κ3) is 4.73. The van der Waals surface area contributed by atoms with Crippen molar-refractivity contribution in [3.05, 3.63) is 37.6 Å². The van der Waals surface area contributed by atoms with E-state index in [1.807, 2.05) is 22.6 Å². The normalized spacial score (nSPS) is 10.4. The molecule has 0 spiro atoms. The summed E-state index contributed by atoms with van der Waals surface area (Å²) in [6.07, 6.45) is 2.12. The Morgan fingerprint density at radius 1 is 1.58 bits per heavy atom. The molecule has 0 bridgehead atoms. The Morgan fingerprint density at radius 2 is 2.26 bits per heavy atom. The number of carboxylic acids is 1. The minimum absolute atomic E-state index is 0.295. The highest BCUT2D eigenvalue weighted by Crippen LogP contribution is 2.34. The van der Waals surface area contributed by atoms with Crippen molar-refractivity contribution < 1.29 is 24.3 Å². The number of nitrogens with zero attached hydrogens (tertiary/aromatic N) is 1. The summed E-state index contributed by atoms with van der Waals surface area (Å²) in [5, 5.41) is 18.8. The first-order chi connectivity index (χ1) is 8.93. The van der Waals surface area contributed by atoms with Crippen molar-refractivity contribution in [3.63, 3.8) is 0 Å². The van der Waals surface area contributed by atoms with E-state index < -0.39 is 17.5 Å². The van der Waals surface area contributed by atoms with Gasteiger partial charge in [-0.25, -0.2) is 4.79 Å². The molecule has 0 aromatic heterocycles. The zero-order chi connectivity index (χ0) is 14.4. The number of carbonyl (C=O) groups is 1. The summed E-state index contributed by atoms with van der Waals surface area (Å²) in [5.41, 5.74) is 0.556. The maximum absolute atomic E-state index is 10.5. The molecule has 8 heteroatoms. The molecule has 0 unspecified atom stereocenters. The summed E-state index contributed by atoms with van der Waals surface area (Å²) in [5.74, 6) is -0.491. The largest absolute Gasteiger partial charge is 0.493 e. The van der Waals surface area contributed by atoms with E-state index in [-0.39, 0.29) is 0 Å². The zero-order valence-electron chi connectivity index (χ0n) is 9.83. The van der Waals surface area contributed by atoms with Crippen molar-refractivity contribution in [2.45, 2.75) is 0 Å². The lowest BCUT2D eigenvalue weighted by atomic mass is 10.2. The van der Waals surface area contributed by atoms with Gasteiger partial charge >= 0.3 is 5.97 Å². The topological polar surface area (TPSA) is 98.9 Å². The van der Waals surface area contributed by atoms with Crippen LogP contribution in [-0.2, 0) is 4.79 Å². The summed E-state index contributed by atoms with van der Waals surface area (Å²) in [6, 6.07) is 3.15. The van der Waals surface area contributed by atoms with Crippen LogP contribution in [0.15, 0.2) is 18.3 Å². The molecule has 0 fully saturated rings. The van der Waals surface area contributed by atoms with E-state index in [0.717, 1.165) is 6.20 Å². The number of ether oxygens (including phenoxy) is 2. The first-order valence-electron chi connectivity index (χ1n) is 4.98. The first kappa shape index (κ1) is 15.2. The Hall–Kier alpha value is -1.84. The molecule has 1 aromatic carbocycles. The van der Waals surface area contributed by atoms with Gasteiger partial charge in [-0.2, -0.15) is 0 Å². The maximum Gasteiger partial charge on any atom is 0.341 e. The van der Waals surface area contributed by atoms with Crippen LogP contribution in [0, 0.1) is 13.7 Å². The molecule has 0 saturated carbocycles. The molecule has 1 N–H and O–H groups in total. The van der Waals surface area contributed by atoms with Crippen LogP contribution >= 0.6 is 22.6 Å². The van der Waals surface area contributed by atoms with Gasteiger partial charge in [0.05, 0.1) is 15.6 Å². The molecule has 0 atom stereocenters.